The zero-order valence-corrected chi connectivity index (χ0v) is 10.9. The molecule has 0 saturated heterocycles. The Morgan fingerprint density at radius 1 is 1.28 bits per heavy atom. The van der Waals surface area contributed by atoms with Crippen LogP contribution in [0.5, 0.6) is 0 Å². The maximum Gasteiger partial charge on any atom is 0.170 e. The second-order valence-electron chi connectivity index (χ2n) is 5.50. The second-order valence-corrected chi connectivity index (χ2v) is 5.50. The topological polar surface area (TPSA) is 52.0 Å². The summed E-state index contributed by atoms with van der Waals surface area (Å²) in [5.41, 5.74) is 9.39. The number of aromatic nitrogens is 1. The highest BCUT2D eigenvalue weighted by Gasteiger charge is 2.35. The fourth-order valence-electron chi connectivity index (χ4n) is 3.31. The van der Waals surface area contributed by atoms with E-state index in [1.54, 1.807) is 0 Å². The van der Waals surface area contributed by atoms with Crippen LogP contribution in [0.2, 0.25) is 0 Å². The molecular weight excluding hydrogens is 224 g/mol. The van der Waals surface area contributed by atoms with Crippen molar-refractivity contribution in [3.05, 3.63) is 29.5 Å². The highest BCUT2D eigenvalue weighted by Crippen LogP contribution is 2.41. The maximum atomic E-state index is 6.11. The van der Waals surface area contributed by atoms with Gasteiger partial charge in [0.2, 0.25) is 0 Å². The first-order chi connectivity index (χ1) is 8.77. The third kappa shape index (κ3) is 1.65. The average Bonchev–Trinajstić information content (AvgIpc) is 2.81. The van der Waals surface area contributed by atoms with Crippen molar-refractivity contribution in [2.24, 2.45) is 5.73 Å². The van der Waals surface area contributed by atoms with E-state index in [9.17, 15) is 0 Å². The summed E-state index contributed by atoms with van der Waals surface area (Å²) in [7, 11) is 0. The average molecular weight is 244 g/mol. The van der Waals surface area contributed by atoms with Crippen LogP contribution >= 0.6 is 0 Å². The quantitative estimate of drug-likeness (QED) is 0.881. The van der Waals surface area contributed by atoms with Gasteiger partial charge >= 0.3 is 0 Å². The first kappa shape index (κ1) is 11.7. The fraction of sp³-hybridized carbons (Fsp3) is 0.533. The first-order valence-electron chi connectivity index (χ1n) is 6.82. The van der Waals surface area contributed by atoms with Crippen LogP contribution in [0.3, 0.4) is 0 Å². The SMILES string of the molecule is Cc1noc2c(C3(CN)CCCCC3)cccc12. The van der Waals surface area contributed by atoms with Crippen LogP contribution < -0.4 is 5.73 Å². The van der Waals surface area contributed by atoms with Crippen LogP contribution in [-0.4, -0.2) is 11.7 Å². The highest BCUT2D eigenvalue weighted by molar-refractivity contribution is 5.83. The molecule has 1 aromatic carbocycles. The Bertz CT molecular complexity index is 553. The summed E-state index contributed by atoms with van der Waals surface area (Å²) in [6, 6.07) is 6.36. The number of nitrogens with two attached hydrogens (primary N) is 1. The molecule has 18 heavy (non-hydrogen) atoms. The Morgan fingerprint density at radius 2 is 2.06 bits per heavy atom. The van der Waals surface area contributed by atoms with Crippen LogP contribution in [0, 0.1) is 6.92 Å². The van der Waals surface area contributed by atoms with Crippen molar-refractivity contribution in [3.8, 4) is 0 Å². The van der Waals surface area contributed by atoms with E-state index in [0.29, 0.717) is 6.54 Å². The Hall–Kier alpha value is -1.35. The molecule has 1 aliphatic rings. The lowest BCUT2D eigenvalue weighted by Crippen LogP contribution is -2.37. The Balaban J connectivity index is 2.17. The fourth-order valence-corrected chi connectivity index (χ4v) is 3.31. The third-order valence-electron chi connectivity index (χ3n) is 4.45. The van der Waals surface area contributed by atoms with Crippen molar-refractivity contribution >= 4 is 11.0 Å². The van der Waals surface area contributed by atoms with Crippen LogP contribution in [0.1, 0.15) is 43.4 Å². The summed E-state index contributed by atoms with van der Waals surface area (Å²) < 4.78 is 5.55. The van der Waals surface area contributed by atoms with Crippen LogP contribution in [0.4, 0.5) is 0 Å². The molecule has 0 aliphatic heterocycles. The Morgan fingerprint density at radius 3 is 2.78 bits per heavy atom. The van der Waals surface area contributed by atoms with Gasteiger partial charge in [-0.2, -0.15) is 0 Å². The van der Waals surface area contributed by atoms with Crippen molar-refractivity contribution in [1.29, 1.82) is 0 Å². The van der Waals surface area contributed by atoms with Gasteiger partial charge in [-0.05, 0) is 25.8 Å². The number of aryl methyl sites for hydroxylation is 1. The lowest BCUT2D eigenvalue weighted by Gasteiger charge is -2.36. The zero-order valence-electron chi connectivity index (χ0n) is 10.9. The molecule has 3 heteroatoms. The molecular formula is C15H20N2O. The number of fused-ring (bicyclic) bond motifs is 1. The minimum absolute atomic E-state index is 0.101. The summed E-state index contributed by atoms with van der Waals surface area (Å²) in [5.74, 6) is 0. The van der Waals surface area contributed by atoms with Gasteiger partial charge in [-0.3, -0.25) is 0 Å². The van der Waals surface area contributed by atoms with Crippen molar-refractivity contribution in [3.63, 3.8) is 0 Å². The van der Waals surface area contributed by atoms with Gasteiger partial charge in [0.15, 0.2) is 5.58 Å². The Kier molecular flexibility index (Phi) is 2.86. The van der Waals surface area contributed by atoms with E-state index in [0.717, 1.165) is 16.7 Å². The number of nitrogens with zero attached hydrogens (tertiary/aromatic N) is 1. The van der Waals surface area contributed by atoms with Crippen molar-refractivity contribution in [2.45, 2.75) is 44.4 Å². The predicted octanol–water partition coefficient (Wildman–Crippen LogP) is 3.30. The minimum atomic E-state index is 0.101. The molecule has 1 fully saturated rings. The second kappa shape index (κ2) is 4.39. The summed E-state index contributed by atoms with van der Waals surface area (Å²) in [6.07, 6.45) is 6.19. The molecule has 0 amide bonds. The third-order valence-corrected chi connectivity index (χ3v) is 4.45. The van der Waals surface area contributed by atoms with Gasteiger partial charge in [0.05, 0.1) is 5.69 Å². The summed E-state index contributed by atoms with van der Waals surface area (Å²) >= 11 is 0. The molecule has 2 N–H and O–H groups in total. The van der Waals surface area contributed by atoms with E-state index in [2.05, 4.69) is 23.4 Å². The molecule has 3 rings (SSSR count). The van der Waals surface area contributed by atoms with Crippen LogP contribution in [-0.2, 0) is 5.41 Å². The van der Waals surface area contributed by atoms with E-state index >= 15 is 0 Å². The molecule has 1 aromatic heterocycles. The molecule has 96 valence electrons. The number of hydrogen-bond donors (Lipinski definition) is 1. The molecule has 1 saturated carbocycles. The highest BCUT2D eigenvalue weighted by atomic mass is 16.5. The molecule has 0 spiro atoms. The van der Waals surface area contributed by atoms with Gasteiger partial charge in [0.25, 0.3) is 0 Å². The van der Waals surface area contributed by atoms with Gasteiger partial charge in [-0.1, -0.05) is 36.6 Å². The van der Waals surface area contributed by atoms with Crippen molar-refractivity contribution in [1.82, 2.24) is 5.16 Å². The number of para-hydroxylation sites is 1. The zero-order chi connectivity index (χ0) is 12.6. The molecule has 2 aromatic rings. The molecule has 0 bridgehead atoms. The lowest BCUT2D eigenvalue weighted by atomic mass is 9.69. The Labute approximate surface area is 107 Å². The van der Waals surface area contributed by atoms with Gasteiger partial charge < -0.3 is 10.3 Å². The van der Waals surface area contributed by atoms with Gasteiger partial charge in [-0.25, -0.2) is 0 Å². The van der Waals surface area contributed by atoms with E-state index in [1.807, 2.05) is 6.92 Å². The molecule has 0 radical (unpaired) electrons. The van der Waals surface area contributed by atoms with Gasteiger partial charge in [0, 0.05) is 22.9 Å². The monoisotopic (exact) mass is 244 g/mol. The molecule has 1 aliphatic carbocycles. The molecule has 0 unspecified atom stereocenters. The lowest BCUT2D eigenvalue weighted by molar-refractivity contribution is 0.298. The van der Waals surface area contributed by atoms with E-state index in [-0.39, 0.29) is 5.41 Å². The molecule has 0 atom stereocenters. The molecule has 3 nitrogen and oxygen atoms in total. The smallest absolute Gasteiger partial charge is 0.170 e. The number of rotatable bonds is 2. The summed E-state index contributed by atoms with van der Waals surface area (Å²) in [6.45, 7) is 2.69. The van der Waals surface area contributed by atoms with Gasteiger partial charge in [0.1, 0.15) is 0 Å². The summed E-state index contributed by atoms with van der Waals surface area (Å²) in [4.78, 5) is 0. The first-order valence-corrected chi connectivity index (χ1v) is 6.82. The van der Waals surface area contributed by atoms with Crippen molar-refractivity contribution in [2.75, 3.05) is 6.54 Å². The van der Waals surface area contributed by atoms with E-state index in [1.165, 1.54) is 37.7 Å². The van der Waals surface area contributed by atoms with Crippen molar-refractivity contribution < 1.29 is 4.52 Å². The number of hydrogen-bond acceptors (Lipinski definition) is 3. The summed E-state index contributed by atoms with van der Waals surface area (Å²) in [5, 5.41) is 5.23. The predicted molar refractivity (Wildman–Crippen MR) is 72.6 cm³/mol. The maximum absolute atomic E-state index is 6.11. The van der Waals surface area contributed by atoms with E-state index in [4.69, 9.17) is 10.3 Å². The largest absolute Gasteiger partial charge is 0.356 e. The molecule has 1 heterocycles. The van der Waals surface area contributed by atoms with Crippen LogP contribution in [0.15, 0.2) is 22.7 Å². The number of benzene rings is 1. The van der Waals surface area contributed by atoms with Crippen LogP contribution in [0.25, 0.3) is 11.0 Å². The minimum Gasteiger partial charge on any atom is -0.356 e. The standard InChI is InChI=1S/C15H20N2O/c1-11-12-6-5-7-13(14(12)18-17-11)15(10-16)8-3-2-4-9-15/h5-7H,2-4,8-10,16H2,1H3. The van der Waals surface area contributed by atoms with E-state index < -0.39 is 0 Å². The normalized spacial score (nSPS) is 19.2. The van der Waals surface area contributed by atoms with Gasteiger partial charge in [-0.15, -0.1) is 0 Å².